The van der Waals surface area contributed by atoms with E-state index < -0.39 is 0 Å². The van der Waals surface area contributed by atoms with Crippen LogP contribution in [0.5, 0.6) is 0 Å². The third-order valence-corrected chi connectivity index (χ3v) is 6.66. The van der Waals surface area contributed by atoms with Crippen molar-refractivity contribution in [3.63, 3.8) is 0 Å². The van der Waals surface area contributed by atoms with Crippen molar-refractivity contribution in [2.45, 2.75) is 57.0 Å². The van der Waals surface area contributed by atoms with E-state index in [2.05, 4.69) is 10.6 Å². The van der Waals surface area contributed by atoms with Crippen molar-refractivity contribution in [1.29, 1.82) is 0 Å². The highest BCUT2D eigenvalue weighted by atomic mass is 16.2. The van der Waals surface area contributed by atoms with E-state index in [1.54, 1.807) is 0 Å². The third kappa shape index (κ3) is 4.03. The predicted octanol–water partition coefficient (Wildman–Crippen LogP) is 2.58. The van der Waals surface area contributed by atoms with Crippen molar-refractivity contribution in [3.05, 3.63) is 35.9 Å². The summed E-state index contributed by atoms with van der Waals surface area (Å²) in [5.74, 6) is 1.20. The van der Waals surface area contributed by atoms with Crippen LogP contribution in [0.4, 0.5) is 0 Å². The molecule has 3 fully saturated rings. The topological polar surface area (TPSA) is 61.4 Å². The minimum Gasteiger partial charge on any atom is -0.354 e. The molecule has 2 amide bonds. The zero-order chi connectivity index (χ0) is 18.6. The molecule has 5 nitrogen and oxygen atoms in total. The second-order valence-corrected chi connectivity index (χ2v) is 8.38. The van der Waals surface area contributed by atoms with Gasteiger partial charge in [-0.3, -0.25) is 9.59 Å². The summed E-state index contributed by atoms with van der Waals surface area (Å²) in [6.07, 6.45) is 7.58. The number of benzene rings is 1. The summed E-state index contributed by atoms with van der Waals surface area (Å²) in [5, 5.41) is 6.51. The third-order valence-electron chi connectivity index (χ3n) is 6.66. The first-order valence-corrected chi connectivity index (χ1v) is 10.6. The molecule has 1 saturated carbocycles. The number of hydrogen-bond acceptors (Lipinski definition) is 3. The van der Waals surface area contributed by atoms with Gasteiger partial charge in [0.25, 0.3) is 5.91 Å². The summed E-state index contributed by atoms with van der Waals surface area (Å²) in [7, 11) is 0. The summed E-state index contributed by atoms with van der Waals surface area (Å²) in [6.45, 7) is 2.86. The average molecular weight is 370 g/mol. The molecule has 1 aromatic rings. The second-order valence-electron chi connectivity index (χ2n) is 8.38. The standard InChI is InChI=1S/C22H31N3O2/c26-21(24-13-11-16-10-12-23-15-16)20-14-18-8-4-5-9-19(18)25(20)22(27)17-6-2-1-3-7-17/h1-3,6-7,16,18-20,23H,4-5,8-15H2,(H,24,26). The molecule has 1 aliphatic carbocycles. The van der Waals surface area contributed by atoms with E-state index in [0.29, 0.717) is 23.9 Å². The van der Waals surface area contributed by atoms with Crippen LogP contribution in [0, 0.1) is 11.8 Å². The highest BCUT2D eigenvalue weighted by Gasteiger charge is 2.47. The maximum absolute atomic E-state index is 13.2. The van der Waals surface area contributed by atoms with Gasteiger partial charge in [0.15, 0.2) is 0 Å². The molecule has 2 saturated heterocycles. The van der Waals surface area contributed by atoms with E-state index in [4.69, 9.17) is 0 Å². The van der Waals surface area contributed by atoms with Gasteiger partial charge in [0.1, 0.15) is 6.04 Å². The Morgan fingerprint density at radius 3 is 2.70 bits per heavy atom. The molecule has 2 heterocycles. The van der Waals surface area contributed by atoms with Crippen molar-refractivity contribution < 1.29 is 9.59 Å². The smallest absolute Gasteiger partial charge is 0.254 e. The van der Waals surface area contributed by atoms with E-state index in [9.17, 15) is 9.59 Å². The van der Waals surface area contributed by atoms with Gasteiger partial charge in [-0.1, -0.05) is 31.0 Å². The van der Waals surface area contributed by atoms with Gasteiger partial charge < -0.3 is 15.5 Å². The molecule has 0 radical (unpaired) electrons. The molecule has 3 aliphatic rings. The Labute approximate surface area is 161 Å². The normalized spacial score (nSPS) is 30.1. The first-order valence-electron chi connectivity index (χ1n) is 10.6. The Morgan fingerprint density at radius 2 is 1.93 bits per heavy atom. The first kappa shape index (κ1) is 18.5. The van der Waals surface area contributed by atoms with Crippen LogP contribution in [0.2, 0.25) is 0 Å². The quantitative estimate of drug-likeness (QED) is 0.839. The molecule has 4 rings (SSSR count). The van der Waals surface area contributed by atoms with Gasteiger partial charge in [0.05, 0.1) is 0 Å². The average Bonchev–Trinajstić information content (AvgIpc) is 3.35. The number of hydrogen-bond donors (Lipinski definition) is 2. The van der Waals surface area contributed by atoms with Gasteiger partial charge in [0, 0.05) is 18.2 Å². The van der Waals surface area contributed by atoms with Crippen LogP contribution >= 0.6 is 0 Å². The van der Waals surface area contributed by atoms with Crippen molar-refractivity contribution in [1.82, 2.24) is 15.5 Å². The Kier molecular flexibility index (Phi) is 5.77. The number of nitrogens with one attached hydrogen (secondary N) is 2. The van der Waals surface area contributed by atoms with Crippen molar-refractivity contribution >= 4 is 11.8 Å². The summed E-state index contributed by atoms with van der Waals surface area (Å²) in [5.41, 5.74) is 0.693. The van der Waals surface area contributed by atoms with Gasteiger partial charge in [0.2, 0.25) is 5.91 Å². The molecule has 4 atom stereocenters. The van der Waals surface area contributed by atoms with E-state index in [1.807, 2.05) is 35.2 Å². The lowest BCUT2D eigenvalue weighted by molar-refractivity contribution is -0.125. The number of rotatable bonds is 5. The van der Waals surface area contributed by atoms with Crippen LogP contribution in [0.1, 0.15) is 55.3 Å². The lowest BCUT2D eigenvalue weighted by Crippen LogP contribution is -2.49. The molecule has 0 aromatic heterocycles. The lowest BCUT2D eigenvalue weighted by Gasteiger charge is -2.33. The Bertz CT molecular complexity index is 657. The number of fused-ring (bicyclic) bond motifs is 1. The van der Waals surface area contributed by atoms with Crippen LogP contribution in [-0.2, 0) is 4.79 Å². The minimum absolute atomic E-state index is 0.0187. The molecule has 5 heteroatoms. The fourth-order valence-corrected chi connectivity index (χ4v) is 5.19. The largest absolute Gasteiger partial charge is 0.354 e. The van der Waals surface area contributed by atoms with E-state index >= 15 is 0 Å². The molecule has 1 aromatic carbocycles. The molecule has 2 N–H and O–H groups in total. The van der Waals surface area contributed by atoms with Crippen LogP contribution in [0.3, 0.4) is 0 Å². The maximum Gasteiger partial charge on any atom is 0.254 e. The Hall–Kier alpha value is -1.88. The van der Waals surface area contributed by atoms with Crippen LogP contribution < -0.4 is 10.6 Å². The maximum atomic E-state index is 13.2. The molecular weight excluding hydrogens is 338 g/mol. The van der Waals surface area contributed by atoms with E-state index in [-0.39, 0.29) is 23.9 Å². The fourth-order valence-electron chi connectivity index (χ4n) is 5.19. The molecule has 146 valence electrons. The highest BCUT2D eigenvalue weighted by Crippen LogP contribution is 2.40. The summed E-state index contributed by atoms with van der Waals surface area (Å²) >= 11 is 0. The molecule has 4 unspecified atom stereocenters. The summed E-state index contributed by atoms with van der Waals surface area (Å²) < 4.78 is 0. The van der Waals surface area contributed by atoms with Gasteiger partial charge in [-0.25, -0.2) is 0 Å². The fraction of sp³-hybridized carbons (Fsp3) is 0.636. The van der Waals surface area contributed by atoms with Crippen molar-refractivity contribution in [3.8, 4) is 0 Å². The molecular formula is C22H31N3O2. The van der Waals surface area contributed by atoms with Gasteiger partial charge in [-0.15, -0.1) is 0 Å². The highest BCUT2D eigenvalue weighted by molar-refractivity contribution is 5.98. The number of amides is 2. The number of nitrogens with zero attached hydrogens (tertiary/aromatic N) is 1. The SMILES string of the molecule is O=C(NCCC1CCNC1)C1CC2CCCCC2N1C(=O)c1ccccc1. The molecule has 0 spiro atoms. The van der Waals surface area contributed by atoms with Crippen LogP contribution in [0.25, 0.3) is 0 Å². The second kappa shape index (κ2) is 8.42. The molecule has 27 heavy (non-hydrogen) atoms. The zero-order valence-electron chi connectivity index (χ0n) is 16.0. The minimum atomic E-state index is -0.312. The monoisotopic (exact) mass is 369 g/mol. The first-order chi connectivity index (χ1) is 13.2. The van der Waals surface area contributed by atoms with Gasteiger partial charge in [-0.05, 0) is 69.2 Å². The van der Waals surface area contributed by atoms with Crippen LogP contribution in [-0.4, -0.2) is 48.4 Å². The van der Waals surface area contributed by atoms with Crippen molar-refractivity contribution in [2.24, 2.45) is 11.8 Å². The van der Waals surface area contributed by atoms with E-state index in [1.165, 1.54) is 12.8 Å². The predicted molar refractivity (Wildman–Crippen MR) is 105 cm³/mol. The van der Waals surface area contributed by atoms with Gasteiger partial charge >= 0.3 is 0 Å². The Balaban J connectivity index is 1.45. The summed E-state index contributed by atoms with van der Waals surface area (Å²) in [4.78, 5) is 28.1. The van der Waals surface area contributed by atoms with Crippen molar-refractivity contribution in [2.75, 3.05) is 19.6 Å². The van der Waals surface area contributed by atoms with Crippen LogP contribution in [0.15, 0.2) is 30.3 Å². The number of likely N-dealkylation sites (tertiary alicyclic amines) is 1. The lowest BCUT2D eigenvalue weighted by atomic mass is 9.84. The molecule has 2 aliphatic heterocycles. The Morgan fingerprint density at radius 1 is 1.11 bits per heavy atom. The molecule has 0 bridgehead atoms. The number of carbonyl (C=O) groups excluding carboxylic acids is 2. The van der Waals surface area contributed by atoms with E-state index in [0.717, 1.165) is 45.2 Å². The van der Waals surface area contributed by atoms with Gasteiger partial charge in [-0.2, -0.15) is 0 Å². The summed E-state index contributed by atoms with van der Waals surface area (Å²) in [6, 6.07) is 9.35. The number of carbonyl (C=O) groups is 2. The zero-order valence-corrected chi connectivity index (χ0v) is 16.0.